The molecule has 1 rings (SSSR count). The first kappa shape index (κ1) is 19.9. The summed E-state index contributed by atoms with van der Waals surface area (Å²) < 4.78 is 31.8. The molecule has 0 saturated heterocycles. The second kappa shape index (κ2) is 8.65. The lowest BCUT2D eigenvalue weighted by Gasteiger charge is -2.21. The highest BCUT2D eigenvalue weighted by molar-refractivity contribution is 7.89. The fourth-order valence-electron chi connectivity index (χ4n) is 1.80. The monoisotopic (exact) mass is 357 g/mol. The zero-order valence-corrected chi connectivity index (χ0v) is 14.9. The minimum absolute atomic E-state index is 0.0601. The fraction of sp³-hybridized carbons (Fsp3) is 0.467. The average Bonchev–Trinajstić information content (AvgIpc) is 2.51. The molecule has 0 heterocycles. The largest absolute Gasteiger partial charge is 0.449 e. The molecule has 3 N–H and O–H groups in total. The summed E-state index contributed by atoms with van der Waals surface area (Å²) in [4.78, 5) is 23.4. The van der Waals surface area contributed by atoms with Crippen LogP contribution in [-0.2, 0) is 19.6 Å². The van der Waals surface area contributed by atoms with Crippen molar-refractivity contribution >= 4 is 22.0 Å². The summed E-state index contributed by atoms with van der Waals surface area (Å²) in [5.74, 6) is -1.03. The number of carbonyl (C=O) groups is 2. The molecule has 0 aliphatic rings. The smallest absolute Gasteiger partial charge is 0.426 e. The molecule has 0 radical (unpaired) electrons. The Bertz CT molecular complexity index is 671. The third kappa shape index (κ3) is 5.82. The number of benzene rings is 1. The van der Waals surface area contributed by atoms with Crippen LogP contribution in [0.3, 0.4) is 0 Å². The first-order chi connectivity index (χ1) is 11.2. The molecule has 8 nitrogen and oxygen atoms in total. The topological polar surface area (TPSA) is 114 Å². The van der Waals surface area contributed by atoms with E-state index in [0.717, 1.165) is 5.56 Å². The molecule has 0 aromatic heterocycles. The van der Waals surface area contributed by atoms with E-state index in [2.05, 4.69) is 20.3 Å². The highest BCUT2D eigenvalue weighted by atomic mass is 32.2. The number of hydrogen-bond acceptors (Lipinski definition) is 5. The molecule has 0 spiro atoms. The van der Waals surface area contributed by atoms with Crippen LogP contribution in [0.2, 0.25) is 0 Å². The number of carbonyl (C=O) groups excluding carboxylic acids is 2. The highest BCUT2D eigenvalue weighted by Crippen LogP contribution is 2.13. The molecule has 1 aromatic carbocycles. The maximum Gasteiger partial charge on any atom is 0.426 e. The van der Waals surface area contributed by atoms with Crippen molar-refractivity contribution in [2.45, 2.75) is 38.6 Å². The zero-order valence-electron chi connectivity index (χ0n) is 14.1. The van der Waals surface area contributed by atoms with Crippen molar-refractivity contribution in [3.05, 3.63) is 29.8 Å². The van der Waals surface area contributed by atoms with Crippen LogP contribution >= 0.6 is 0 Å². The number of hydrogen-bond donors (Lipinski definition) is 3. The van der Waals surface area contributed by atoms with Crippen LogP contribution in [0, 0.1) is 12.8 Å². The number of rotatable bonds is 6. The van der Waals surface area contributed by atoms with Crippen LogP contribution in [0.15, 0.2) is 29.2 Å². The third-order valence-electron chi connectivity index (χ3n) is 3.13. The van der Waals surface area contributed by atoms with Crippen LogP contribution in [0.25, 0.3) is 0 Å². The van der Waals surface area contributed by atoms with Gasteiger partial charge in [-0.25, -0.2) is 18.6 Å². The van der Waals surface area contributed by atoms with Gasteiger partial charge in [-0.1, -0.05) is 31.5 Å². The maximum absolute atomic E-state index is 12.4. The number of hydrazine groups is 1. The Kier molecular flexibility index (Phi) is 7.18. The first-order valence-corrected chi connectivity index (χ1v) is 8.97. The van der Waals surface area contributed by atoms with Gasteiger partial charge < -0.3 is 4.74 Å². The molecular weight excluding hydrogens is 334 g/mol. The standard InChI is InChI=1S/C15H23N3O5S/c1-5-23-15(20)17-16-14(19)13(10(2)3)18-24(21,22)12-8-6-11(4)7-9-12/h6-10,13,18H,5H2,1-4H3,(H,16,19)(H,17,20)/t13-/m0/s1. The molecule has 1 aromatic rings. The van der Waals surface area contributed by atoms with E-state index in [1.165, 1.54) is 12.1 Å². The van der Waals surface area contributed by atoms with Crippen molar-refractivity contribution in [3.63, 3.8) is 0 Å². The van der Waals surface area contributed by atoms with Gasteiger partial charge in [-0.05, 0) is 31.9 Å². The van der Waals surface area contributed by atoms with E-state index >= 15 is 0 Å². The number of ether oxygens (including phenoxy) is 1. The molecule has 2 amide bonds. The van der Waals surface area contributed by atoms with E-state index in [1.807, 2.05) is 6.92 Å². The van der Waals surface area contributed by atoms with Crippen LogP contribution in [0.4, 0.5) is 4.79 Å². The van der Waals surface area contributed by atoms with Crippen molar-refractivity contribution in [2.24, 2.45) is 5.92 Å². The molecule has 9 heteroatoms. The van der Waals surface area contributed by atoms with Gasteiger partial charge in [-0.3, -0.25) is 10.2 Å². The minimum Gasteiger partial charge on any atom is -0.449 e. The Morgan fingerprint density at radius 1 is 1.12 bits per heavy atom. The van der Waals surface area contributed by atoms with Gasteiger partial charge in [0.2, 0.25) is 10.0 Å². The van der Waals surface area contributed by atoms with E-state index in [9.17, 15) is 18.0 Å². The molecule has 1 atom stereocenters. The third-order valence-corrected chi connectivity index (χ3v) is 4.58. The number of nitrogens with one attached hydrogen (secondary N) is 3. The van der Waals surface area contributed by atoms with Crippen LogP contribution in [0.5, 0.6) is 0 Å². The summed E-state index contributed by atoms with van der Waals surface area (Å²) in [6, 6.07) is 5.20. The summed E-state index contributed by atoms with van der Waals surface area (Å²) in [7, 11) is -3.87. The quantitative estimate of drug-likeness (QED) is 0.659. The minimum atomic E-state index is -3.87. The Morgan fingerprint density at radius 3 is 2.21 bits per heavy atom. The van der Waals surface area contributed by atoms with Gasteiger partial charge in [-0.2, -0.15) is 4.72 Å². The molecular formula is C15H23N3O5S. The predicted octanol–water partition coefficient (Wildman–Crippen LogP) is 1.08. The summed E-state index contributed by atoms with van der Waals surface area (Å²) in [5.41, 5.74) is 5.12. The Morgan fingerprint density at radius 2 is 1.71 bits per heavy atom. The van der Waals surface area contributed by atoms with Crippen molar-refractivity contribution < 1.29 is 22.7 Å². The summed E-state index contributed by atoms with van der Waals surface area (Å²) in [5, 5.41) is 0. The summed E-state index contributed by atoms with van der Waals surface area (Å²) in [6.45, 7) is 6.98. The van der Waals surface area contributed by atoms with E-state index < -0.39 is 28.1 Å². The number of sulfonamides is 1. The van der Waals surface area contributed by atoms with Gasteiger partial charge in [-0.15, -0.1) is 0 Å². The zero-order chi connectivity index (χ0) is 18.3. The number of aryl methyl sites for hydroxylation is 1. The van der Waals surface area contributed by atoms with Crippen LogP contribution < -0.4 is 15.6 Å². The molecule has 24 heavy (non-hydrogen) atoms. The second-order valence-corrected chi connectivity index (χ2v) is 7.20. The molecule has 0 aliphatic carbocycles. The van der Waals surface area contributed by atoms with Gasteiger partial charge in [0.25, 0.3) is 5.91 Å². The Labute approximate surface area is 142 Å². The van der Waals surface area contributed by atoms with Crippen molar-refractivity contribution in [1.82, 2.24) is 15.6 Å². The van der Waals surface area contributed by atoms with Gasteiger partial charge >= 0.3 is 6.09 Å². The Balaban J connectivity index is 2.83. The first-order valence-electron chi connectivity index (χ1n) is 7.49. The van der Waals surface area contributed by atoms with E-state index in [-0.39, 0.29) is 17.4 Å². The SMILES string of the molecule is CCOC(=O)NNC(=O)[C@@H](NS(=O)(=O)c1ccc(C)cc1)C(C)C. The van der Waals surface area contributed by atoms with Crippen molar-refractivity contribution in [1.29, 1.82) is 0 Å². The van der Waals surface area contributed by atoms with Gasteiger partial charge in [0.15, 0.2) is 0 Å². The fourth-order valence-corrected chi connectivity index (χ4v) is 3.15. The van der Waals surface area contributed by atoms with E-state index in [1.54, 1.807) is 32.9 Å². The lowest BCUT2D eigenvalue weighted by Crippen LogP contribution is -2.54. The van der Waals surface area contributed by atoms with E-state index in [4.69, 9.17) is 0 Å². The number of amides is 2. The molecule has 0 bridgehead atoms. The second-order valence-electron chi connectivity index (χ2n) is 5.49. The molecule has 0 unspecified atom stereocenters. The lowest BCUT2D eigenvalue weighted by molar-refractivity contribution is -0.124. The maximum atomic E-state index is 12.4. The Hall–Kier alpha value is -2.13. The van der Waals surface area contributed by atoms with Gasteiger partial charge in [0, 0.05) is 0 Å². The van der Waals surface area contributed by atoms with Crippen molar-refractivity contribution in [2.75, 3.05) is 6.61 Å². The summed E-state index contributed by atoms with van der Waals surface area (Å²) in [6.07, 6.45) is -0.824. The average molecular weight is 357 g/mol. The highest BCUT2D eigenvalue weighted by Gasteiger charge is 2.28. The molecule has 0 fully saturated rings. The van der Waals surface area contributed by atoms with Crippen molar-refractivity contribution in [3.8, 4) is 0 Å². The van der Waals surface area contributed by atoms with Crippen LogP contribution in [0.1, 0.15) is 26.3 Å². The van der Waals surface area contributed by atoms with Crippen LogP contribution in [-0.4, -0.2) is 33.1 Å². The normalized spacial score (nSPS) is 12.5. The molecule has 0 aliphatic heterocycles. The lowest BCUT2D eigenvalue weighted by atomic mass is 10.1. The van der Waals surface area contributed by atoms with Gasteiger partial charge in [0.05, 0.1) is 11.5 Å². The van der Waals surface area contributed by atoms with Gasteiger partial charge in [0.1, 0.15) is 6.04 Å². The van der Waals surface area contributed by atoms with E-state index in [0.29, 0.717) is 0 Å². The molecule has 0 saturated carbocycles. The predicted molar refractivity (Wildman–Crippen MR) is 88.4 cm³/mol. The summed E-state index contributed by atoms with van der Waals surface area (Å²) >= 11 is 0. The molecule has 134 valence electrons.